The Bertz CT molecular complexity index is 7790. The molecule has 110 heavy (non-hydrogen) atoms. The third kappa shape index (κ3) is 9.97. The van der Waals surface area contributed by atoms with E-state index < -0.39 is 0 Å². The molecule has 0 atom stereocenters. The van der Waals surface area contributed by atoms with Gasteiger partial charge in [-0.3, -0.25) is 0 Å². The van der Waals surface area contributed by atoms with Gasteiger partial charge in [0.25, 0.3) is 0 Å². The number of fused-ring (bicyclic) bond motifs is 22. The van der Waals surface area contributed by atoms with E-state index in [2.05, 4.69) is 376 Å². The highest BCUT2D eigenvalue weighted by Crippen LogP contribution is 2.49. The molecule has 23 rings (SSSR count). The van der Waals surface area contributed by atoms with Crippen molar-refractivity contribution in [2.75, 3.05) is 0 Å². The maximum absolute atomic E-state index is 7.12. The fourth-order valence-electron chi connectivity index (χ4n) is 18.2. The first-order chi connectivity index (χ1) is 54.5. The highest BCUT2D eigenvalue weighted by atomic mass is 16.3. The summed E-state index contributed by atoms with van der Waals surface area (Å²) in [7, 11) is 0. The fraction of sp³-hybridized carbons (Fsp3) is 0. The van der Waals surface area contributed by atoms with Crippen molar-refractivity contribution in [1.29, 1.82) is 0 Å². The Kier molecular flexibility index (Phi) is 13.8. The number of para-hydroxylation sites is 2. The van der Waals surface area contributed by atoms with Crippen LogP contribution >= 0.6 is 0 Å². The van der Waals surface area contributed by atoms with Crippen molar-refractivity contribution in [2.45, 2.75) is 0 Å². The molecule has 2 heterocycles. The second-order valence-electron chi connectivity index (χ2n) is 29.7. The topological polar surface area (TPSA) is 26.3 Å². The van der Waals surface area contributed by atoms with E-state index in [4.69, 9.17) is 8.83 Å². The van der Waals surface area contributed by atoms with E-state index in [1.807, 2.05) is 12.1 Å². The first kappa shape index (κ1) is 61.8. The van der Waals surface area contributed by atoms with Crippen LogP contribution in [0.2, 0.25) is 0 Å². The number of benzene rings is 21. The molecular formula is C108H64O2. The molecule has 0 amide bonds. The van der Waals surface area contributed by atoms with Crippen LogP contribution in [0.3, 0.4) is 0 Å². The van der Waals surface area contributed by atoms with Crippen molar-refractivity contribution in [2.24, 2.45) is 0 Å². The Morgan fingerprint density at radius 3 is 1.24 bits per heavy atom. The van der Waals surface area contributed by atoms with Gasteiger partial charge < -0.3 is 8.83 Å². The van der Waals surface area contributed by atoms with Gasteiger partial charge >= 0.3 is 0 Å². The number of hydrogen-bond donors (Lipinski definition) is 0. The highest BCUT2D eigenvalue weighted by Gasteiger charge is 2.23. The molecular weight excluding hydrogens is 1330 g/mol. The lowest BCUT2D eigenvalue weighted by Crippen LogP contribution is -1.90. The van der Waals surface area contributed by atoms with Gasteiger partial charge in [0.1, 0.15) is 22.3 Å². The average molecular weight is 1390 g/mol. The summed E-state index contributed by atoms with van der Waals surface area (Å²) in [5.41, 5.74) is 24.4. The van der Waals surface area contributed by atoms with Gasteiger partial charge in [0, 0.05) is 27.1 Å². The molecule has 0 aliphatic rings. The summed E-state index contributed by atoms with van der Waals surface area (Å²) in [4.78, 5) is 0. The fourth-order valence-corrected chi connectivity index (χ4v) is 18.2. The van der Waals surface area contributed by atoms with Gasteiger partial charge in [-0.15, -0.1) is 0 Å². The SMILES string of the molecule is c1ccc(-c2ccc(-c3cc(-c4ccc5c6ccccc6c6ccccc6c5c4)cc(-c4ccc5ccc6c(-c7cc(-c8cccc(-c9cc%10ccc%11cc(-c%12cccc(-c%13ccc%14oc%15ccccc%15c%14c%13)c%12)ccc%11c%10c%10ccccc9%10)c8)cc8c7oc7ccccc78)cc7ccccc7c6c5c4)c3)cc2)cc1. The zero-order valence-corrected chi connectivity index (χ0v) is 59.8. The zero-order valence-electron chi connectivity index (χ0n) is 59.8. The summed E-state index contributed by atoms with van der Waals surface area (Å²) >= 11 is 0. The lowest BCUT2D eigenvalue weighted by atomic mass is 9.86. The first-order valence-electron chi connectivity index (χ1n) is 38.0. The van der Waals surface area contributed by atoms with E-state index in [1.54, 1.807) is 0 Å². The largest absolute Gasteiger partial charge is 0.456 e. The maximum atomic E-state index is 7.12. The quantitative estimate of drug-likeness (QED) is 0.135. The Balaban J connectivity index is 0.651. The second-order valence-corrected chi connectivity index (χ2v) is 29.7. The van der Waals surface area contributed by atoms with Gasteiger partial charge in [0.15, 0.2) is 0 Å². The summed E-state index contributed by atoms with van der Waals surface area (Å²) in [5.74, 6) is 0. The summed E-state index contributed by atoms with van der Waals surface area (Å²) in [6.45, 7) is 0. The molecule has 0 fully saturated rings. The van der Waals surface area contributed by atoms with Crippen LogP contribution in [0.4, 0.5) is 0 Å². The van der Waals surface area contributed by atoms with Gasteiger partial charge in [-0.1, -0.05) is 291 Å². The van der Waals surface area contributed by atoms with Crippen molar-refractivity contribution in [3.63, 3.8) is 0 Å². The van der Waals surface area contributed by atoms with Gasteiger partial charge in [0.05, 0.1) is 0 Å². The molecule has 2 aromatic heterocycles. The summed E-state index contributed by atoms with van der Waals surface area (Å²) < 4.78 is 13.3. The molecule has 23 aromatic rings. The van der Waals surface area contributed by atoms with E-state index in [-0.39, 0.29) is 0 Å². The molecule has 0 spiro atoms. The summed E-state index contributed by atoms with van der Waals surface area (Å²) in [6.07, 6.45) is 0. The van der Waals surface area contributed by atoms with E-state index in [9.17, 15) is 0 Å². The molecule has 0 saturated heterocycles. The Hall–Kier alpha value is -14.4. The average Bonchev–Trinajstić information content (AvgIpc) is 1.04. The highest BCUT2D eigenvalue weighted by molar-refractivity contribution is 6.29. The normalized spacial score (nSPS) is 12.0. The van der Waals surface area contributed by atoms with Crippen LogP contribution in [0.5, 0.6) is 0 Å². The van der Waals surface area contributed by atoms with Crippen LogP contribution < -0.4 is 0 Å². The van der Waals surface area contributed by atoms with Crippen molar-refractivity contribution in [3.8, 4) is 100 Å². The third-order valence-electron chi connectivity index (χ3n) is 23.5. The Morgan fingerprint density at radius 2 is 0.509 bits per heavy atom. The molecule has 0 aliphatic carbocycles. The van der Waals surface area contributed by atoms with Gasteiger partial charge in [0.2, 0.25) is 0 Å². The lowest BCUT2D eigenvalue weighted by Gasteiger charge is -2.17. The van der Waals surface area contributed by atoms with E-state index in [1.165, 1.54) is 141 Å². The maximum Gasteiger partial charge on any atom is 0.143 e. The predicted octanol–water partition coefficient (Wildman–Crippen LogP) is 30.9. The van der Waals surface area contributed by atoms with Crippen LogP contribution in [-0.2, 0) is 0 Å². The molecule has 508 valence electrons. The predicted molar refractivity (Wildman–Crippen MR) is 467 cm³/mol. The minimum absolute atomic E-state index is 0.864. The Morgan fingerprint density at radius 1 is 0.127 bits per heavy atom. The summed E-state index contributed by atoms with van der Waals surface area (Å²) in [6, 6.07) is 144. The molecule has 2 nitrogen and oxygen atoms in total. The van der Waals surface area contributed by atoms with Crippen LogP contribution in [-0.4, -0.2) is 0 Å². The van der Waals surface area contributed by atoms with Crippen LogP contribution in [0.1, 0.15) is 0 Å². The zero-order chi connectivity index (χ0) is 72.1. The van der Waals surface area contributed by atoms with Crippen molar-refractivity contribution < 1.29 is 8.83 Å². The molecule has 0 saturated carbocycles. The van der Waals surface area contributed by atoms with Crippen LogP contribution in [0.25, 0.3) is 241 Å². The number of hydrogen-bond acceptors (Lipinski definition) is 2. The standard InChI is InChI=1S/C108H64O2/c1-2-18-65(19-3-1)66-36-38-67(39-37-66)80-55-81(57-82(56-80)75-46-49-91-88-28-7-6-26-86(88)87-27-8-9-29-89(87)98(91)59-75)74-41-40-68-44-50-95-99(61-77-20-4-5-25-84(77)107(95)97(68)58-74)102-64-83(63-101-93-32-13-15-35-104(93)110-108(101)102)71-23-17-24-76(53-71)96-62-79-43-42-78-54-72(45-48-85(78)106(79)94-33-11-10-30-90(94)96)69-21-16-22-70(52-69)73-47-51-105-100(60-73)92-31-12-14-34-103(92)109-105/h1-64H. The van der Waals surface area contributed by atoms with Crippen LogP contribution in [0, 0.1) is 0 Å². The minimum Gasteiger partial charge on any atom is -0.456 e. The molecule has 0 radical (unpaired) electrons. The molecule has 0 unspecified atom stereocenters. The van der Waals surface area contributed by atoms with Crippen molar-refractivity contribution in [1.82, 2.24) is 0 Å². The molecule has 21 aromatic carbocycles. The lowest BCUT2D eigenvalue weighted by molar-refractivity contribution is 0.669. The smallest absolute Gasteiger partial charge is 0.143 e. The van der Waals surface area contributed by atoms with Gasteiger partial charge in [-0.2, -0.15) is 0 Å². The summed E-state index contributed by atoms with van der Waals surface area (Å²) in [5, 5.41) is 26.5. The Labute approximate surface area is 633 Å². The minimum atomic E-state index is 0.864. The van der Waals surface area contributed by atoms with E-state index in [0.717, 1.165) is 99.5 Å². The number of furan rings is 2. The first-order valence-corrected chi connectivity index (χ1v) is 38.0. The van der Waals surface area contributed by atoms with Crippen LogP contribution in [0.15, 0.2) is 397 Å². The molecule has 2 heteroatoms. The van der Waals surface area contributed by atoms with E-state index >= 15 is 0 Å². The van der Waals surface area contributed by atoms with Gasteiger partial charge in [-0.25, -0.2) is 0 Å². The molecule has 0 aliphatic heterocycles. The van der Waals surface area contributed by atoms with Crippen molar-refractivity contribution in [3.05, 3.63) is 388 Å². The number of rotatable bonds is 9. The molecule has 0 N–H and O–H groups in total. The van der Waals surface area contributed by atoms with Gasteiger partial charge in [-0.05, 0) is 289 Å². The monoisotopic (exact) mass is 1390 g/mol. The van der Waals surface area contributed by atoms with E-state index in [0.29, 0.717) is 0 Å². The second kappa shape index (κ2) is 24.6. The third-order valence-corrected chi connectivity index (χ3v) is 23.5. The molecule has 0 bridgehead atoms. The van der Waals surface area contributed by atoms with Crippen molar-refractivity contribution >= 4 is 141 Å².